The smallest absolute Gasteiger partial charge is 0.410 e. The van der Waals surface area contributed by atoms with Crippen LogP contribution >= 0.6 is 39.1 Å². The van der Waals surface area contributed by atoms with Gasteiger partial charge in [0, 0.05) is 25.0 Å². The van der Waals surface area contributed by atoms with Gasteiger partial charge in [0.1, 0.15) is 16.9 Å². The fourth-order valence-electron chi connectivity index (χ4n) is 4.05. The van der Waals surface area contributed by atoms with Crippen molar-refractivity contribution < 1.29 is 13.9 Å². The molecule has 1 aromatic carbocycles. The predicted molar refractivity (Wildman–Crippen MR) is 114 cm³/mol. The van der Waals surface area contributed by atoms with E-state index in [0.717, 1.165) is 6.42 Å². The standard InChI is InChI=1S/C19H20BrCl2FN4O2/c1-19(2,3)29-18(28)27-7-9-4-10(27)8-26(6-9)16-11-5-12(21)13(20)14(23)15(11)24-17(22)25-16/h5,9-10H,4,6-8H2,1-3H3. The molecule has 0 spiro atoms. The van der Waals surface area contributed by atoms with Gasteiger partial charge < -0.3 is 14.5 Å². The molecule has 0 saturated carbocycles. The molecule has 2 aliphatic heterocycles. The molecule has 156 valence electrons. The molecule has 10 heteroatoms. The quantitative estimate of drug-likeness (QED) is 0.389. The number of fused-ring (bicyclic) bond motifs is 3. The molecule has 0 radical (unpaired) electrons. The highest BCUT2D eigenvalue weighted by molar-refractivity contribution is 9.10. The van der Waals surface area contributed by atoms with Gasteiger partial charge in [-0.3, -0.25) is 0 Å². The molecule has 29 heavy (non-hydrogen) atoms. The Hall–Kier alpha value is -1.38. The van der Waals surface area contributed by atoms with Gasteiger partial charge in [-0.25, -0.2) is 14.2 Å². The number of hydrogen-bond acceptors (Lipinski definition) is 5. The first-order chi connectivity index (χ1) is 13.5. The van der Waals surface area contributed by atoms with Crippen molar-refractivity contribution >= 4 is 61.9 Å². The monoisotopic (exact) mass is 504 g/mol. The number of hydrogen-bond donors (Lipinski definition) is 0. The molecule has 0 N–H and O–H groups in total. The average molecular weight is 506 g/mol. The molecule has 2 atom stereocenters. The average Bonchev–Trinajstić information content (AvgIpc) is 2.92. The van der Waals surface area contributed by atoms with Crippen molar-refractivity contribution in [3.63, 3.8) is 0 Å². The minimum absolute atomic E-state index is 0.0110. The molecule has 2 bridgehead atoms. The Balaban J connectivity index is 1.68. The molecule has 3 heterocycles. The van der Waals surface area contributed by atoms with Gasteiger partial charge >= 0.3 is 6.09 Å². The van der Waals surface area contributed by atoms with E-state index in [2.05, 4.69) is 25.9 Å². The molecule has 2 unspecified atom stereocenters. The molecule has 1 amide bonds. The van der Waals surface area contributed by atoms with E-state index < -0.39 is 11.4 Å². The van der Waals surface area contributed by atoms with E-state index in [-0.39, 0.29) is 38.3 Å². The van der Waals surface area contributed by atoms with Gasteiger partial charge in [0.2, 0.25) is 5.28 Å². The third-order valence-electron chi connectivity index (χ3n) is 5.12. The highest BCUT2D eigenvalue weighted by Crippen LogP contribution is 2.39. The summed E-state index contributed by atoms with van der Waals surface area (Å²) in [5.41, 5.74) is -0.441. The summed E-state index contributed by atoms with van der Waals surface area (Å²) in [7, 11) is 0. The minimum atomic E-state index is -0.576. The van der Waals surface area contributed by atoms with Crippen molar-refractivity contribution in [2.24, 2.45) is 5.92 Å². The Morgan fingerprint density at radius 3 is 2.69 bits per heavy atom. The molecular formula is C19H20BrCl2FN4O2. The van der Waals surface area contributed by atoms with Crippen LogP contribution < -0.4 is 4.90 Å². The Labute approximate surface area is 186 Å². The van der Waals surface area contributed by atoms with E-state index in [4.69, 9.17) is 27.9 Å². The number of likely N-dealkylation sites (tertiary alicyclic amines) is 1. The highest BCUT2D eigenvalue weighted by Gasteiger charge is 2.43. The van der Waals surface area contributed by atoms with E-state index >= 15 is 0 Å². The SMILES string of the molecule is CC(C)(C)OC(=O)N1CC2CC1CN(c1nc(Cl)nc3c(F)c(Br)c(Cl)cc13)C2. The third kappa shape index (κ3) is 3.99. The molecule has 0 aliphatic carbocycles. The van der Waals surface area contributed by atoms with Crippen LogP contribution in [-0.2, 0) is 4.74 Å². The molecule has 1 aromatic heterocycles. The maximum absolute atomic E-state index is 14.7. The number of nitrogens with zero attached hydrogens (tertiary/aromatic N) is 4. The maximum atomic E-state index is 14.7. The van der Waals surface area contributed by atoms with E-state index in [9.17, 15) is 9.18 Å². The van der Waals surface area contributed by atoms with E-state index in [1.54, 1.807) is 11.0 Å². The fourth-order valence-corrected chi connectivity index (χ4v) is 4.71. The van der Waals surface area contributed by atoms with Crippen LogP contribution in [0.4, 0.5) is 15.0 Å². The lowest BCUT2D eigenvalue weighted by Gasteiger charge is -2.34. The van der Waals surface area contributed by atoms with Gasteiger partial charge in [-0.15, -0.1) is 0 Å². The van der Waals surface area contributed by atoms with Crippen LogP contribution in [0.15, 0.2) is 10.5 Å². The van der Waals surface area contributed by atoms with E-state index in [1.165, 1.54) is 0 Å². The molecule has 2 aromatic rings. The summed E-state index contributed by atoms with van der Waals surface area (Å²) in [5.74, 6) is 0.211. The predicted octanol–water partition coefficient (Wildman–Crippen LogP) is 5.28. The van der Waals surface area contributed by atoms with Crippen LogP contribution in [0.1, 0.15) is 27.2 Å². The van der Waals surface area contributed by atoms with Crippen LogP contribution in [0, 0.1) is 11.7 Å². The largest absolute Gasteiger partial charge is 0.444 e. The number of rotatable bonds is 1. The van der Waals surface area contributed by atoms with E-state index in [1.807, 2.05) is 25.7 Å². The number of halogens is 4. The minimum Gasteiger partial charge on any atom is -0.444 e. The van der Waals surface area contributed by atoms with Crippen LogP contribution in [0.25, 0.3) is 10.9 Å². The third-order valence-corrected chi connectivity index (χ3v) is 6.59. The second-order valence-electron chi connectivity index (χ2n) is 8.49. The number of benzene rings is 1. The van der Waals surface area contributed by atoms with Crippen molar-refractivity contribution in [1.29, 1.82) is 0 Å². The summed E-state index contributed by atoms with van der Waals surface area (Å²) in [5, 5.41) is 0.685. The van der Waals surface area contributed by atoms with Crippen molar-refractivity contribution in [2.45, 2.75) is 38.8 Å². The second-order valence-corrected chi connectivity index (χ2v) is 10.0. The number of ether oxygens (including phenoxy) is 1. The first kappa shape index (κ1) is 20.9. The zero-order valence-corrected chi connectivity index (χ0v) is 19.3. The molecular weight excluding hydrogens is 486 g/mol. The van der Waals surface area contributed by atoms with Crippen LogP contribution in [0.5, 0.6) is 0 Å². The number of carbonyl (C=O) groups is 1. The maximum Gasteiger partial charge on any atom is 0.410 e. The molecule has 2 saturated heterocycles. The van der Waals surface area contributed by atoms with Gasteiger partial charge in [0.05, 0.1) is 15.5 Å². The van der Waals surface area contributed by atoms with Crippen LogP contribution in [-0.4, -0.2) is 52.2 Å². The van der Waals surface area contributed by atoms with Gasteiger partial charge in [0.25, 0.3) is 0 Å². The van der Waals surface area contributed by atoms with E-state index in [0.29, 0.717) is 30.8 Å². The Morgan fingerprint density at radius 2 is 2.00 bits per heavy atom. The molecule has 2 fully saturated rings. The summed E-state index contributed by atoms with van der Waals surface area (Å²) in [6, 6.07) is 1.63. The van der Waals surface area contributed by atoms with Gasteiger partial charge in [-0.2, -0.15) is 4.98 Å². The van der Waals surface area contributed by atoms with Crippen LogP contribution in [0.2, 0.25) is 10.3 Å². The van der Waals surface area contributed by atoms with Gasteiger partial charge in [0.15, 0.2) is 5.82 Å². The number of carbonyl (C=O) groups excluding carboxylic acids is 1. The summed E-state index contributed by atoms with van der Waals surface area (Å²) < 4.78 is 20.4. The second kappa shape index (κ2) is 7.39. The first-order valence-electron chi connectivity index (χ1n) is 9.29. The van der Waals surface area contributed by atoms with Crippen molar-refractivity contribution in [1.82, 2.24) is 14.9 Å². The number of amides is 1. The lowest BCUT2D eigenvalue weighted by Crippen LogP contribution is -2.45. The molecule has 4 rings (SSSR count). The highest BCUT2D eigenvalue weighted by atomic mass is 79.9. The topological polar surface area (TPSA) is 58.6 Å². The van der Waals surface area contributed by atoms with Crippen LogP contribution in [0.3, 0.4) is 0 Å². The van der Waals surface area contributed by atoms with Crippen molar-refractivity contribution in [3.05, 3.63) is 26.7 Å². The molecule has 2 aliphatic rings. The Morgan fingerprint density at radius 1 is 1.28 bits per heavy atom. The first-order valence-corrected chi connectivity index (χ1v) is 10.8. The van der Waals surface area contributed by atoms with Gasteiger partial charge in [-0.1, -0.05) is 11.6 Å². The summed E-state index contributed by atoms with van der Waals surface area (Å²) in [6.07, 6.45) is 0.586. The zero-order chi connectivity index (χ0) is 21.1. The lowest BCUT2D eigenvalue weighted by molar-refractivity contribution is 0.0233. The van der Waals surface area contributed by atoms with Gasteiger partial charge in [-0.05, 0) is 66.7 Å². The van der Waals surface area contributed by atoms with Crippen molar-refractivity contribution in [3.8, 4) is 0 Å². The summed E-state index contributed by atoms with van der Waals surface area (Å²) in [6.45, 7) is 7.40. The zero-order valence-electron chi connectivity index (χ0n) is 16.2. The van der Waals surface area contributed by atoms with Crippen molar-refractivity contribution in [2.75, 3.05) is 24.5 Å². The normalized spacial score (nSPS) is 21.8. The summed E-state index contributed by atoms with van der Waals surface area (Å²) >= 11 is 15.4. The summed E-state index contributed by atoms with van der Waals surface area (Å²) in [4.78, 5) is 24.8. The number of piperidine rings is 1. The fraction of sp³-hybridized carbons (Fsp3) is 0.526. The number of anilines is 1. The number of aromatic nitrogens is 2. The lowest BCUT2D eigenvalue weighted by atomic mass is 9.99. The Kier molecular flexibility index (Phi) is 5.32. The Bertz CT molecular complexity index is 1000. The molecule has 6 nitrogen and oxygen atoms in total.